The van der Waals surface area contributed by atoms with E-state index in [2.05, 4.69) is 95.4 Å². The van der Waals surface area contributed by atoms with Gasteiger partial charge in [-0.25, -0.2) is 0 Å². The number of hydrogen-bond acceptors (Lipinski definition) is 3. The summed E-state index contributed by atoms with van der Waals surface area (Å²) in [4.78, 5) is 9.15. The first-order valence-corrected chi connectivity index (χ1v) is 26.2. The van der Waals surface area contributed by atoms with Crippen molar-refractivity contribution in [3.63, 3.8) is 0 Å². The van der Waals surface area contributed by atoms with Gasteiger partial charge in [0, 0.05) is 32.4 Å². The van der Waals surface area contributed by atoms with E-state index in [1.807, 2.05) is 80.0 Å². The molecule has 0 amide bonds. The second-order valence-corrected chi connectivity index (χ2v) is 29.7. The average molecular weight is 839 g/mol. The molecule has 0 saturated carbocycles. The molecule has 0 aliphatic carbocycles. The molecule has 0 saturated heterocycles. The maximum atomic E-state index is 8.35. The first kappa shape index (κ1) is 32.0. The summed E-state index contributed by atoms with van der Waals surface area (Å²) < 4.78 is 12.4. The molecule has 0 atom stereocenters. The van der Waals surface area contributed by atoms with Crippen LogP contribution in [-0.4, -0.2) is 31.3 Å². The zero-order valence-corrected chi connectivity index (χ0v) is 32.6. The number of aromatic nitrogens is 2. The molecule has 0 N–H and O–H groups in total. The predicted molar refractivity (Wildman–Crippen MR) is 190 cm³/mol. The van der Waals surface area contributed by atoms with Crippen molar-refractivity contribution in [1.82, 2.24) is 9.97 Å². The van der Waals surface area contributed by atoms with Gasteiger partial charge in [0.2, 0.25) is 0 Å². The molecule has 3 aromatic heterocycles. The van der Waals surface area contributed by atoms with Crippen LogP contribution in [0.5, 0.6) is 0 Å². The number of fused-ring (bicyclic) bond motifs is 3. The molecule has 1 radical (unpaired) electrons. The fraction of sp³-hybridized carbons (Fsp3) is 0.243. The molecule has 0 unspecified atom stereocenters. The van der Waals surface area contributed by atoms with Gasteiger partial charge in [0.25, 0.3) is 0 Å². The van der Waals surface area contributed by atoms with Crippen LogP contribution in [0, 0.1) is 12.1 Å². The molecule has 3 heterocycles. The van der Waals surface area contributed by atoms with Gasteiger partial charge in [0.1, 0.15) is 0 Å². The molecule has 43 heavy (non-hydrogen) atoms. The number of pyridine rings is 2. The maximum Gasteiger partial charge on any atom is 0 e. The van der Waals surface area contributed by atoms with Crippen molar-refractivity contribution in [3.05, 3.63) is 109 Å². The molecular weight excluding hydrogens is 797 g/mol. The number of benzene rings is 3. The first-order valence-electron chi connectivity index (χ1n) is 15.0. The van der Waals surface area contributed by atoms with Crippen LogP contribution in [0.3, 0.4) is 0 Å². The van der Waals surface area contributed by atoms with E-state index in [9.17, 15) is 0 Å². The molecular formula is C37H40GeIrN2SSi-2. The van der Waals surface area contributed by atoms with Crippen LogP contribution in [-0.2, 0) is 20.1 Å². The standard InChI is InChI=1S/C23H24NSSi.C14H16GeN.Ir/c1-15(2)16-12-13-24-20(14-16)19-10-6-8-17-18-9-7-11-21(26(3,4)5)23(18)25-22(17)19;1-15(2,3)13-9-10-14(16-11-13)12-7-5-4-6-8-12;/h6-9,11-15H,1-5H3;4-7,9-11H,1-3H3;/q2*-1;/i15D;;. The van der Waals surface area contributed by atoms with E-state index >= 15 is 0 Å². The Hall–Kier alpha value is -2.41. The third kappa shape index (κ3) is 7.64. The van der Waals surface area contributed by atoms with Crippen LogP contribution in [0.1, 0.15) is 26.7 Å². The van der Waals surface area contributed by atoms with Crippen LogP contribution >= 0.6 is 11.3 Å². The fourth-order valence-corrected chi connectivity index (χ4v) is 10.9. The van der Waals surface area contributed by atoms with Crippen LogP contribution in [0.4, 0.5) is 0 Å². The molecule has 223 valence electrons. The van der Waals surface area contributed by atoms with Gasteiger partial charge in [-0.1, -0.05) is 68.7 Å². The van der Waals surface area contributed by atoms with E-state index in [4.69, 9.17) is 1.37 Å². The minimum absolute atomic E-state index is 0. The summed E-state index contributed by atoms with van der Waals surface area (Å²) in [7, 11) is -1.43. The summed E-state index contributed by atoms with van der Waals surface area (Å²) in [5.74, 6) is 6.50. The van der Waals surface area contributed by atoms with Crippen molar-refractivity contribution in [2.75, 3.05) is 0 Å². The van der Waals surface area contributed by atoms with Gasteiger partial charge in [0.05, 0.1) is 8.07 Å². The van der Waals surface area contributed by atoms with E-state index < -0.39 is 27.2 Å². The fourth-order valence-electron chi connectivity index (χ4n) is 4.97. The summed E-state index contributed by atoms with van der Waals surface area (Å²) in [5.41, 5.74) is 4.99. The van der Waals surface area contributed by atoms with Gasteiger partial charge in [-0.05, 0) is 32.9 Å². The predicted octanol–water partition coefficient (Wildman–Crippen LogP) is 9.68. The summed E-state index contributed by atoms with van der Waals surface area (Å²) in [6.45, 7) is 11.0. The number of nitrogens with zero attached hydrogens (tertiary/aromatic N) is 2. The normalized spacial score (nSPS) is 12.3. The van der Waals surface area contributed by atoms with Crippen molar-refractivity contribution < 1.29 is 21.5 Å². The van der Waals surface area contributed by atoms with Crippen molar-refractivity contribution in [2.45, 2.75) is 56.7 Å². The summed E-state index contributed by atoms with van der Waals surface area (Å²) >= 11 is 0.151. The molecule has 3 aromatic carbocycles. The average Bonchev–Trinajstić information content (AvgIpc) is 3.36. The van der Waals surface area contributed by atoms with E-state index in [1.165, 1.54) is 29.8 Å². The van der Waals surface area contributed by atoms with Crippen LogP contribution in [0.15, 0.2) is 91.3 Å². The van der Waals surface area contributed by atoms with Gasteiger partial charge < -0.3 is 4.98 Å². The Morgan fingerprint density at radius 2 is 1.58 bits per heavy atom. The Balaban J connectivity index is 0.000000223. The molecule has 6 heteroatoms. The van der Waals surface area contributed by atoms with Crippen molar-refractivity contribution in [3.8, 4) is 22.5 Å². The van der Waals surface area contributed by atoms with E-state index in [0.29, 0.717) is 0 Å². The van der Waals surface area contributed by atoms with Gasteiger partial charge in [-0.3, -0.25) is 0 Å². The Kier molecular flexibility index (Phi) is 10.2. The van der Waals surface area contributed by atoms with E-state index in [0.717, 1.165) is 28.1 Å². The Bertz CT molecular complexity index is 1870. The number of thiophene rings is 1. The van der Waals surface area contributed by atoms with Gasteiger partial charge >= 0.3 is 99.8 Å². The Morgan fingerprint density at radius 3 is 2.21 bits per heavy atom. The number of rotatable bonds is 5. The van der Waals surface area contributed by atoms with E-state index in [-0.39, 0.29) is 20.1 Å². The van der Waals surface area contributed by atoms with Crippen molar-refractivity contribution in [2.24, 2.45) is 0 Å². The quantitative estimate of drug-likeness (QED) is 0.128. The van der Waals surface area contributed by atoms with Gasteiger partial charge in [-0.2, -0.15) is 11.3 Å². The Morgan fingerprint density at radius 1 is 0.814 bits per heavy atom. The molecule has 2 nitrogen and oxygen atoms in total. The SMILES string of the molecule is [2H]C(C)(C)c1ccnc(-c2[c-]ccc3c2sc2c([Si](C)(C)C)cccc23)c1.[CH3][Ge]([CH3])([CH3])[c]1ccc(-c2[c-]cccc2)nc1.[Ir]. The van der Waals surface area contributed by atoms with Crippen molar-refractivity contribution in [1.29, 1.82) is 0 Å². The van der Waals surface area contributed by atoms with Crippen LogP contribution < -0.4 is 9.58 Å². The maximum absolute atomic E-state index is 8.35. The first-order chi connectivity index (χ1) is 20.2. The second-order valence-electron chi connectivity index (χ2n) is 13.0. The summed E-state index contributed by atoms with van der Waals surface area (Å²) in [5, 5.41) is 4.13. The second kappa shape index (κ2) is 13.7. The summed E-state index contributed by atoms with van der Waals surface area (Å²) in [6.07, 6.45) is 3.85. The topological polar surface area (TPSA) is 25.8 Å². The zero-order chi connectivity index (χ0) is 31.0. The molecule has 0 aliphatic heterocycles. The third-order valence-corrected chi connectivity index (χ3v) is 15.2. The number of hydrogen-bond donors (Lipinski definition) is 0. The molecule has 6 aromatic rings. The third-order valence-electron chi connectivity index (χ3n) is 7.47. The van der Waals surface area contributed by atoms with Crippen LogP contribution in [0.2, 0.25) is 36.9 Å². The minimum Gasteiger partial charge on any atom is 0 e. The molecule has 0 spiro atoms. The minimum atomic E-state index is -1.72. The molecule has 6 rings (SSSR count). The van der Waals surface area contributed by atoms with Crippen molar-refractivity contribution >= 4 is 62.4 Å². The zero-order valence-electron chi connectivity index (χ0n) is 27.3. The Labute approximate surface area is 280 Å². The van der Waals surface area contributed by atoms with Crippen LogP contribution in [0.25, 0.3) is 42.7 Å². The monoisotopic (exact) mass is 840 g/mol. The summed E-state index contributed by atoms with van der Waals surface area (Å²) in [6, 6.07) is 33.8. The van der Waals surface area contributed by atoms with Gasteiger partial charge in [0.15, 0.2) is 0 Å². The molecule has 0 aliphatic rings. The largest absolute Gasteiger partial charge is 0 e. The van der Waals surface area contributed by atoms with Gasteiger partial charge in [-0.15, -0.1) is 23.8 Å². The van der Waals surface area contributed by atoms with E-state index in [1.54, 1.807) is 0 Å². The molecule has 0 fully saturated rings. The molecule has 0 bridgehead atoms. The smallest absolute Gasteiger partial charge is 0 e.